The smallest absolute Gasteiger partial charge is 0.240 e. The molecule has 1 aromatic rings. The fraction of sp³-hybridized carbons (Fsp3) is 0.667. The fourth-order valence-corrected chi connectivity index (χ4v) is 1.50. The van der Waals surface area contributed by atoms with E-state index in [4.69, 9.17) is 0 Å². The van der Waals surface area contributed by atoms with E-state index in [-0.39, 0.29) is 11.4 Å². The number of rotatable bonds is 5. The molecule has 0 aliphatic carbocycles. The average Bonchev–Trinajstić information content (AvgIpc) is 2.59. The van der Waals surface area contributed by atoms with Gasteiger partial charge in [0.2, 0.25) is 5.91 Å². The molecule has 1 aromatic heterocycles. The Morgan fingerprint density at radius 2 is 2.18 bits per heavy atom. The van der Waals surface area contributed by atoms with Crippen LogP contribution in [0.25, 0.3) is 0 Å². The number of hydrogen-bond acceptors (Lipinski definition) is 3. The Morgan fingerprint density at radius 3 is 2.76 bits per heavy atom. The molecule has 1 amide bonds. The fourth-order valence-electron chi connectivity index (χ4n) is 1.50. The third-order valence-electron chi connectivity index (χ3n) is 2.18. The third-order valence-corrected chi connectivity index (χ3v) is 2.18. The van der Waals surface area contributed by atoms with E-state index >= 15 is 0 Å². The predicted octanol–water partition coefficient (Wildman–Crippen LogP) is 0.907. The molecule has 0 aromatic carbocycles. The summed E-state index contributed by atoms with van der Waals surface area (Å²) in [6.07, 6.45) is 3.47. The summed E-state index contributed by atoms with van der Waals surface area (Å²) in [5, 5.41) is 6.15. The minimum absolute atomic E-state index is 0.00764. The van der Waals surface area contributed by atoms with Crippen LogP contribution < -0.4 is 10.6 Å². The molecule has 0 aliphatic rings. The van der Waals surface area contributed by atoms with E-state index in [0.717, 1.165) is 18.8 Å². The van der Waals surface area contributed by atoms with Gasteiger partial charge in [0, 0.05) is 18.3 Å². The van der Waals surface area contributed by atoms with E-state index in [9.17, 15) is 4.79 Å². The lowest BCUT2D eigenvalue weighted by atomic mass is 10.1. The summed E-state index contributed by atoms with van der Waals surface area (Å²) in [7, 11) is 0. The largest absolute Gasteiger partial charge is 0.350 e. The molecule has 5 nitrogen and oxygen atoms in total. The first kappa shape index (κ1) is 13.7. The Bertz CT molecular complexity index is 365. The van der Waals surface area contributed by atoms with E-state index in [0.29, 0.717) is 6.54 Å². The highest BCUT2D eigenvalue weighted by Crippen LogP contribution is 2.02. The molecule has 0 atom stereocenters. The molecular weight excluding hydrogens is 216 g/mol. The summed E-state index contributed by atoms with van der Waals surface area (Å²) in [6.45, 7) is 9.92. The standard InChI is InChI=1S/C12H22N4O/c1-5-13-6-10-7-14-9-16(10)8-11(17)15-12(2,3)4/h7,9,13H,5-6,8H2,1-4H3,(H,15,17). The van der Waals surface area contributed by atoms with Gasteiger partial charge in [0.1, 0.15) is 6.54 Å². The average molecular weight is 238 g/mol. The summed E-state index contributed by atoms with van der Waals surface area (Å²) in [5.74, 6) is 0.00764. The molecular formula is C12H22N4O. The minimum Gasteiger partial charge on any atom is -0.350 e. The zero-order valence-corrected chi connectivity index (χ0v) is 11.1. The summed E-state index contributed by atoms with van der Waals surface area (Å²) < 4.78 is 1.86. The molecule has 2 N–H and O–H groups in total. The van der Waals surface area contributed by atoms with Crippen molar-refractivity contribution in [2.45, 2.75) is 46.3 Å². The summed E-state index contributed by atoms with van der Waals surface area (Å²) >= 11 is 0. The van der Waals surface area contributed by atoms with E-state index in [2.05, 4.69) is 15.6 Å². The topological polar surface area (TPSA) is 59.0 Å². The third kappa shape index (κ3) is 4.99. The highest BCUT2D eigenvalue weighted by atomic mass is 16.2. The van der Waals surface area contributed by atoms with Crippen molar-refractivity contribution in [3.63, 3.8) is 0 Å². The molecule has 5 heteroatoms. The van der Waals surface area contributed by atoms with Gasteiger partial charge in [0.15, 0.2) is 0 Å². The van der Waals surface area contributed by atoms with Crippen LogP contribution in [-0.2, 0) is 17.9 Å². The van der Waals surface area contributed by atoms with Crippen LogP contribution in [0, 0.1) is 0 Å². The normalized spacial score (nSPS) is 11.5. The highest BCUT2D eigenvalue weighted by molar-refractivity contribution is 5.76. The number of amides is 1. The number of imidazole rings is 1. The van der Waals surface area contributed by atoms with Crippen molar-refractivity contribution in [2.75, 3.05) is 6.54 Å². The van der Waals surface area contributed by atoms with E-state index in [1.165, 1.54) is 0 Å². The van der Waals surface area contributed by atoms with Gasteiger partial charge in [0.25, 0.3) is 0 Å². The molecule has 0 radical (unpaired) electrons. The molecule has 17 heavy (non-hydrogen) atoms. The predicted molar refractivity (Wildman–Crippen MR) is 67.5 cm³/mol. The maximum Gasteiger partial charge on any atom is 0.240 e. The molecule has 1 heterocycles. The zero-order valence-electron chi connectivity index (χ0n) is 11.1. The SMILES string of the molecule is CCNCc1cncn1CC(=O)NC(C)(C)C. The molecule has 0 fully saturated rings. The molecule has 0 saturated carbocycles. The molecule has 1 rings (SSSR count). The lowest BCUT2D eigenvalue weighted by Crippen LogP contribution is -2.42. The molecule has 96 valence electrons. The number of aromatic nitrogens is 2. The van der Waals surface area contributed by atoms with Crippen LogP contribution in [0.4, 0.5) is 0 Å². The first-order valence-corrected chi connectivity index (χ1v) is 5.93. The van der Waals surface area contributed by atoms with Gasteiger partial charge >= 0.3 is 0 Å². The molecule has 0 saturated heterocycles. The number of carbonyl (C=O) groups is 1. The number of carbonyl (C=O) groups excluding carboxylic acids is 1. The second-order valence-corrected chi connectivity index (χ2v) is 5.09. The quantitative estimate of drug-likeness (QED) is 0.801. The molecule has 0 aliphatic heterocycles. The lowest BCUT2D eigenvalue weighted by molar-refractivity contribution is -0.123. The van der Waals surface area contributed by atoms with Crippen LogP contribution in [-0.4, -0.2) is 27.5 Å². The Labute approximate surface area is 103 Å². The van der Waals surface area contributed by atoms with Crippen molar-refractivity contribution >= 4 is 5.91 Å². The lowest BCUT2D eigenvalue weighted by Gasteiger charge is -2.21. The monoisotopic (exact) mass is 238 g/mol. The van der Waals surface area contributed by atoms with Crippen LogP contribution in [0.15, 0.2) is 12.5 Å². The molecule has 0 unspecified atom stereocenters. The van der Waals surface area contributed by atoms with Crippen LogP contribution in [0.5, 0.6) is 0 Å². The van der Waals surface area contributed by atoms with E-state index < -0.39 is 0 Å². The number of nitrogens with one attached hydrogen (secondary N) is 2. The van der Waals surface area contributed by atoms with Crippen molar-refractivity contribution in [1.82, 2.24) is 20.2 Å². The maximum atomic E-state index is 11.8. The van der Waals surface area contributed by atoms with Crippen molar-refractivity contribution in [3.8, 4) is 0 Å². The van der Waals surface area contributed by atoms with Gasteiger partial charge in [-0.1, -0.05) is 6.92 Å². The summed E-state index contributed by atoms with van der Waals surface area (Å²) in [5.41, 5.74) is 0.829. The maximum absolute atomic E-state index is 11.8. The highest BCUT2D eigenvalue weighted by Gasteiger charge is 2.14. The number of nitrogens with zero attached hydrogens (tertiary/aromatic N) is 2. The van der Waals surface area contributed by atoms with Gasteiger partial charge < -0.3 is 15.2 Å². The van der Waals surface area contributed by atoms with E-state index in [1.54, 1.807) is 12.5 Å². The van der Waals surface area contributed by atoms with Gasteiger partial charge in [-0.25, -0.2) is 4.98 Å². The van der Waals surface area contributed by atoms with Gasteiger partial charge in [0.05, 0.1) is 12.0 Å². The summed E-state index contributed by atoms with van der Waals surface area (Å²) in [6, 6.07) is 0. The van der Waals surface area contributed by atoms with Crippen molar-refractivity contribution in [3.05, 3.63) is 18.2 Å². The van der Waals surface area contributed by atoms with Crippen LogP contribution >= 0.6 is 0 Å². The summed E-state index contributed by atoms with van der Waals surface area (Å²) in [4.78, 5) is 15.8. The van der Waals surface area contributed by atoms with Gasteiger partial charge in [-0.2, -0.15) is 0 Å². The van der Waals surface area contributed by atoms with Crippen LogP contribution in [0.1, 0.15) is 33.4 Å². The first-order valence-electron chi connectivity index (χ1n) is 5.93. The van der Waals surface area contributed by atoms with Gasteiger partial charge in [-0.05, 0) is 27.3 Å². The van der Waals surface area contributed by atoms with Crippen molar-refractivity contribution in [2.24, 2.45) is 0 Å². The second-order valence-electron chi connectivity index (χ2n) is 5.09. The Hall–Kier alpha value is -1.36. The van der Waals surface area contributed by atoms with Gasteiger partial charge in [-0.3, -0.25) is 4.79 Å². The minimum atomic E-state index is -0.195. The van der Waals surface area contributed by atoms with Gasteiger partial charge in [-0.15, -0.1) is 0 Å². The van der Waals surface area contributed by atoms with Crippen molar-refractivity contribution in [1.29, 1.82) is 0 Å². The van der Waals surface area contributed by atoms with Crippen LogP contribution in [0.3, 0.4) is 0 Å². The molecule has 0 bridgehead atoms. The zero-order chi connectivity index (χ0) is 12.9. The Balaban J connectivity index is 2.56. The first-order chi connectivity index (χ1) is 7.92. The van der Waals surface area contributed by atoms with Crippen molar-refractivity contribution < 1.29 is 4.79 Å². The Kier molecular flexibility index (Phi) is 4.69. The van der Waals surface area contributed by atoms with E-state index in [1.807, 2.05) is 32.3 Å². The second kappa shape index (κ2) is 5.82. The molecule has 0 spiro atoms. The Morgan fingerprint density at radius 1 is 1.47 bits per heavy atom. The van der Waals surface area contributed by atoms with Crippen LogP contribution in [0.2, 0.25) is 0 Å². The number of hydrogen-bond donors (Lipinski definition) is 2.